The van der Waals surface area contributed by atoms with E-state index in [1.807, 2.05) is 24.3 Å². The van der Waals surface area contributed by atoms with Gasteiger partial charge in [-0.2, -0.15) is 5.26 Å². The Kier molecular flexibility index (Phi) is 5.63. The summed E-state index contributed by atoms with van der Waals surface area (Å²) in [6.45, 7) is 1.19. The number of hydrogen-bond donors (Lipinski definition) is 0. The Morgan fingerprint density at radius 2 is 2.00 bits per heavy atom. The first kappa shape index (κ1) is 20.5. The molecule has 0 N–H and O–H groups in total. The van der Waals surface area contributed by atoms with Gasteiger partial charge in [-0.05, 0) is 49.4 Å². The number of hydrogen-bond acceptors (Lipinski definition) is 5. The molecule has 0 spiro atoms. The van der Waals surface area contributed by atoms with Crippen LogP contribution in [0, 0.1) is 18.3 Å². The Morgan fingerprint density at radius 3 is 2.74 bits per heavy atom. The van der Waals surface area contributed by atoms with E-state index in [0.717, 1.165) is 24.8 Å². The van der Waals surface area contributed by atoms with Crippen molar-refractivity contribution in [3.05, 3.63) is 76.8 Å². The summed E-state index contributed by atoms with van der Waals surface area (Å²) >= 11 is 0. The van der Waals surface area contributed by atoms with Gasteiger partial charge >= 0.3 is 5.97 Å². The number of nitrogens with zero attached hydrogens (tertiary/aromatic N) is 3. The predicted molar refractivity (Wildman–Crippen MR) is 113 cm³/mol. The van der Waals surface area contributed by atoms with Crippen LogP contribution in [-0.4, -0.2) is 35.0 Å². The fourth-order valence-electron chi connectivity index (χ4n) is 4.14. The number of furan rings is 1. The van der Waals surface area contributed by atoms with E-state index in [0.29, 0.717) is 0 Å². The SMILES string of the molecule is Cc1oc(-n2cccc2)c(C#N)c1C(=O)OCC(=O)N(C)[C@H]1CCCc2ccccc21. The monoisotopic (exact) mass is 417 g/mol. The Labute approximate surface area is 180 Å². The van der Waals surface area contributed by atoms with Crippen LogP contribution in [0.1, 0.15) is 51.7 Å². The standard InChI is InChI=1S/C24H23N3O4/c1-16-22(19(14-25)23(31-16)27-12-5-6-13-27)24(29)30-15-21(28)26(2)20-11-7-9-17-8-3-4-10-18(17)20/h3-6,8,10,12-13,20H,7,9,11,15H2,1-2H3/t20-/m0/s1. The zero-order valence-electron chi connectivity index (χ0n) is 17.5. The van der Waals surface area contributed by atoms with Crippen molar-refractivity contribution in [1.82, 2.24) is 9.47 Å². The highest BCUT2D eigenvalue weighted by molar-refractivity contribution is 5.95. The van der Waals surface area contributed by atoms with E-state index in [1.54, 1.807) is 48.0 Å². The van der Waals surface area contributed by atoms with Crippen LogP contribution in [0.3, 0.4) is 0 Å². The van der Waals surface area contributed by atoms with Crippen LogP contribution in [0.2, 0.25) is 0 Å². The van der Waals surface area contributed by atoms with Crippen LogP contribution >= 0.6 is 0 Å². The number of aryl methyl sites for hydroxylation is 2. The van der Waals surface area contributed by atoms with Gasteiger partial charge in [0.2, 0.25) is 5.88 Å². The Bertz CT molecular complexity index is 1150. The first-order valence-corrected chi connectivity index (χ1v) is 10.2. The summed E-state index contributed by atoms with van der Waals surface area (Å²) in [6, 6.07) is 13.7. The fraction of sp³-hybridized carbons (Fsp3) is 0.292. The summed E-state index contributed by atoms with van der Waals surface area (Å²) in [5.41, 5.74) is 2.52. The van der Waals surface area contributed by atoms with E-state index in [2.05, 4.69) is 6.07 Å². The number of carbonyl (C=O) groups is 2. The zero-order chi connectivity index (χ0) is 22.0. The Morgan fingerprint density at radius 1 is 1.26 bits per heavy atom. The number of rotatable bonds is 5. The molecule has 31 heavy (non-hydrogen) atoms. The minimum absolute atomic E-state index is 0.0400. The van der Waals surface area contributed by atoms with Crippen LogP contribution in [0.15, 0.2) is 53.2 Å². The molecule has 1 atom stereocenters. The highest BCUT2D eigenvalue weighted by Gasteiger charge is 2.29. The molecule has 7 nitrogen and oxygen atoms in total. The number of aromatic nitrogens is 1. The van der Waals surface area contributed by atoms with Crippen molar-refractivity contribution in [2.45, 2.75) is 32.2 Å². The van der Waals surface area contributed by atoms with Crippen LogP contribution in [0.25, 0.3) is 5.88 Å². The molecule has 1 aliphatic carbocycles. The van der Waals surface area contributed by atoms with Crippen LogP contribution in [0.4, 0.5) is 0 Å². The predicted octanol–water partition coefficient (Wildman–Crippen LogP) is 3.94. The van der Waals surface area contributed by atoms with E-state index in [-0.39, 0.29) is 34.7 Å². The quantitative estimate of drug-likeness (QED) is 0.587. The summed E-state index contributed by atoms with van der Waals surface area (Å²) in [6.07, 6.45) is 6.31. The van der Waals surface area contributed by atoms with E-state index in [9.17, 15) is 14.9 Å². The van der Waals surface area contributed by atoms with E-state index < -0.39 is 12.6 Å². The number of esters is 1. The average molecular weight is 417 g/mol. The second kappa shape index (κ2) is 8.52. The molecule has 0 saturated heterocycles. The third kappa shape index (κ3) is 3.84. The molecule has 1 amide bonds. The molecular weight excluding hydrogens is 394 g/mol. The third-order valence-electron chi connectivity index (χ3n) is 5.75. The number of amides is 1. The Balaban J connectivity index is 1.47. The minimum atomic E-state index is -0.748. The number of fused-ring (bicyclic) bond motifs is 1. The molecule has 7 heteroatoms. The van der Waals surface area contributed by atoms with Gasteiger partial charge in [0.25, 0.3) is 5.91 Å². The molecule has 1 aromatic carbocycles. The lowest BCUT2D eigenvalue weighted by Gasteiger charge is -2.33. The van der Waals surface area contributed by atoms with E-state index in [4.69, 9.17) is 9.15 Å². The number of carbonyl (C=O) groups excluding carboxylic acids is 2. The van der Waals surface area contributed by atoms with Gasteiger partial charge in [0.05, 0.1) is 6.04 Å². The number of benzene rings is 1. The number of nitriles is 1. The summed E-state index contributed by atoms with van der Waals surface area (Å²) in [5.74, 6) is -0.520. The molecular formula is C24H23N3O4. The van der Waals surface area contributed by atoms with Crippen molar-refractivity contribution in [2.24, 2.45) is 0 Å². The van der Waals surface area contributed by atoms with Gasteiger partial charge in [0, 0.05) is 19.4 Å². The molecule has 1 aliphatic rings. The number of ether oxygens (including phenoxy) is 1. The van der Waals surface area contributed by atoms with Crippen molar-refractivity contribution < 1.29 is 18.7 Å². The largest absolute Gasteiger partial charge is 0.452 e. The lowest BCUT2D eigenvalue weighted by Crippen LogP contribution is -2.36. The van der Waals surface area contributed by atoms with Gasteiger partial charge in [-0.1, -0.05) is 24.3 Å². The van der Waals surface area contributed by atoms with Crippen molar-refractivity contribution >= 4 is 11.9 Å². The second-order valence-corrected chi connectivity index (χ2v) is 7.60. The van der Waals surface area contributed by atoms with Crippen molar-refractivity contribution in [1.29, 1.82) is 5.26 Å². The second-order valence-electron chi connectivity index (χ2n) is 7.60. The van der Waals surface area contributed by atoms with E-state index in [1.165, 1.54) is 5.56 Å². The minimum Gasteiger partial charge on any atom is -0.452 e. The summed E-state index contributed by atoms with van der Waals surface area (Å²) in [4.78, 5) is 27.1. The summed E-state index contributed by atoms with van der Waals surface area (Å²) in [7, 11) is 1.73. The van der Waals surface area contributed by atoms with Crippen LogP contribution < -0.4 is 0 Å². The molecule has 2 heterocycles. The van der Waals surface area contributed by atoms with Gasteiger partial charge in [-0.25, -0.2) is 4.79 Å². The zero-order valence-corrected chi connectivity index (χ0v) is 17.5. The van der Waals surface area contributed by atoms with Gasteiger partial charge in [-0.3, -0.25) is 9.36 Å². The number of likely N-dealkylation sites (N-methyl/N-ethyl adjacent to an activating group) is 1. The molecule has 0 fully saturated rings. The third-order valence-corrected chi connectivity index (χ3v) is 5.75. The molecule has 3 aromatic rings. The lowest BCUT2D eigenvalue weighted by atomic mass is 9.87. The molecule has 0 unspecified atom stereocenters. The van der Waals surface area contributed by atoms with Gasteiger partial charge in [0.15, 0.2) is 6.61 Å². The molecule has 158 valence electrons. The molecule has 4 rings (SSSR count). The Hall–Kier alpha value is -3.79. The molecule has 0 saturated carbocycles. The summed E-state index contributed by atoms with van der Waals surface area (Å²) in [5, 5.41) is 9.58. The molecule has 0 bridgehead atoms. The van der Waals surface area contributed by atoms with Gasteiger partial charge in [-0.15, -0.1) is 0 Å². The smallest absolute Gasteiger partial charge is 0.343 e. The molecule has 0 radical (unpaired) electrons. The van der Waals surface area contributed by atoms with Crippen molar-refractivity contribution in [2.75, 3.05) is 13.7 Å². The molecule has 2 aromatic heterocycles. The van der Waals surface area contributed by atoms with Crippen LogP contribution in [-0.2, 0) is 16.0 Å². The highest BCUT2D eigenvalue weighted by Crippen LogP contribution is 2.33. The van der Waals surface area contributed by atoms with Crippen molar-refractivity contribution in [3.8, 4) is 12.0 Å². The lowest BCUT2D eigenvalue weighted by molar-refractivity contribution is -0.135. The normalized spacial score (nSPS) is 15.1. The van der Waals surface area contributed by atoms with E-state index >= 15 is 0 Å². The van der Waals surface area contributed by atoms with Crippen LogP contribution in [0.5, 0.6) is 0 Å². The first-order valence-electron chi connectivity index (χ1n) is 10.2. The maximum Gasteiger partial charge on any atom is 0.343 e. The summed E-state index contributed by atoms with van der Waals surface area (Å²) < 4.78 is 12.5. The maximum absolute atomic E-state index is 12.8. The van der Waals surface area contributed by atoms with Gasteiger partial charge in [0.1, 0.15) is 23.0 Å². The topological polar surface area (TPSA) is 88.5 Å². The highest BCUT2D eigenvalue weighted by atomic mass is 16.5. The maximum atomic E-state index is 12.8. The fourth-order valence-corrected chi connectivity index (χ4v) is 4.14. The average Bonchev–Trinajstić information content (AvgIpc) is 3.43. The molecule has 0 aliphatic heterocycles. The first-order chi connectivity index (χ1) is 15.0. The van der Waals surface area contributed by atoms with Gasteiger partial charge < -0.3 is 14.1 Å². The van der Waals surface area contributed by atoms with Crippen molar-refractivity contribution in [3.63, 3.8) is 0 Å².